The highest BCUT2D eigenvalue weighted by Crippen LogP contribution is 2.28. The van der Waals surface area contributed by atoms with Gasteiger partial charge in [0.15, 0.2) is 11.6 Å². The normalized spacial score (nSPS) is 11.0. The van der Waals surface area contributed by atoms with Crippen LogP contribution in [-0.4, -0.2) is 13.2 Å². The number of benzene rings is 2. The number of hydrogen-bond donors (Lipinski definition) is 1. The molecule has 112 valence electrons. The van der Waals surface area contributed by atoms with Crippen LogP contribution in [0.1, 0.15) is 19.4 Å². The van der Waals surface area contributed by atoms with Gasteiger partial charge in [-0.3, -0.25) is 0 Å². The molecule has 0 aliphatic carbocycles. The zero-order valence-corrected chi connectivity index (χ0v) is 12.4. The van der Waals surface area contributed by atoms with E-state index < -0.39 is 5.82 Å². The summed E-state index contributed by atoms with van der Waals surface area (Å²) in [5.74, 6) is -0.718. The lowest BCUT2D eigenvalue weighted by molar-refractivity contribution is 0.386. The third kappa shape index (κ3) is 3.79. The van der Waals surface area contributed by atoms with Gasteiger partial charge >= 0.3 is 0 Å². The lowest BCUT2D eigenvalue weighted by atomic mass is 10.0. The molecule has 0 spiro atoms. The van der Waals surface area contributed by atoms with Crippen LogP contribution in [0.25, 0.3) is 11.1 Å². The Kier molecular flexibility index (Phi) is 4.91. The molecule has 0 unspecified atom stereocenters. The van der Waals surface area contributed by atoms with Gasteiger partial charge in [-0.2, -0.15) is 0 Å². The molecule has 2 rings (SSSR count). The van der Waals surface area contributed by atoms with Gasteiger partial charge in [-0.1, -0.05) is 26.0 Å². The summed E-state index contributed by atoms with van der Waals surface area (Å²) < 4.78 is 32.6. The fourth-order valence-electron chi connectivity index (χ4n) is 2.06. The zero-order chi connectivity index (χ0) is 15.4. The number of methoxy groups -OCH3 is 1. The van der Waals surface area contributed by atoms with Crippen molar-refractivity contribution in [1.29, 1.82) is 0 Å². The third-order valence-corrected chi connectivity index (χ3v) is 3.21. The van der Waals surface area contributed by atoms with Crippen molar-refractivity contribution in [3.63, 3.8) is 0 Å². The molecule has 0 atom stereocenters. The van der Waals surface area contributed by atoms with Crippen molar-refractivity contribution in [2.75, 3.05) is 7.11 Å². The maximum atomic E-state index is 14.0. The molecule has 0 bridgehead atoms. The van der Waals surface area contributed by atoms with E-state index in [1.165, 1.54) is 25.3 Å². The predicted molar refractivity (Wildman–Crippen MR) is 80.3 cm³/mol. The van der Waals surface area contributed by atoms with Crippen molar-refractivity contribution in [3.05, 3.63) is 53.6 Å². The highest BCUT2D eigenvalue weighted by molar-refractivity contribution is 5.66. The van der Waals surface area contributed by atoms with Gasteiger partial charge in [0.2, 0.25) is 0 Å². The van der Waals surface area contributed by atoms with E-state index >= 15 is 0 Å². The van der Waals surface area contributed by atoms with Gasteiger partial charge in [-0.15, -0.1) is 0 Å². The van der Waals surface area contributed by atoms with Gasteiger partial charge in [0.05, 0.1) is 7.11 Å². The van der Waals surface area contributed by atoms with Crippen molar-refractivity contribution >= 4 is 0 Å². The lowest BCUT2D eigenvalue weighted by Gasteiger charge is -2.11. The van der Waals surface area contributed by atoms with Gasteiger partial charge in [0.1, 0.15) is 5.82 Å². The average Bonchev–Trinajstić information content (AvgIpc) is 2.46. The Morgan fingerprint density at radius 1 is 1.05 bits per heavy atom. The molecule has 4 heteroatoms. The molecule has 0 aliphatic rings. The van der Waals surface area contributed by atoms with Crippen LogP contribution in [0.5, 0.6) is 5.75 Å². The van der Waals surface area contributed by atoms with Crippen molar-refractivity contribution in [1.82, 2.24) is 5.32 Å². The SMILES string of the molecule is COc1ccc(-c2cc(CNC(C)C)ccc2F)cc1F. The molecule has 2 nitrogen and oxygen atoms in total. The summed E-state index contributed by atoms with van der Waals surface area (Å²) in [6.07, 6.45) is 0. The Labute approximate surface area is 123 Å². The smallest absolute Gasteiger partial charge is 0.165 e. The number of ether oxygens (including phenoxy) is 1. The first-order valence-corrected chi connectivity index (χ1v) is 6.87. The van der Waals surface area contributed by atoms with Gasteiger partial charge in [-0.05, 0) is 35.4 Å². The Hall–Kier alpha value is -1.94. The molecule has 21 heavy (non-hydrogen) atoms. The van der Waals surface area contributed by atoms with Gasteiger partial charge in [-0.25, -0.2) is 8.78 Å². The Morgan fingerprint density at radius 3 is 2.43 bits per heavy atom. The van der Waals surface area contributed by atoms with Gasteiger partial charge in [0, 0.05) is 18.2 Å². The Bertz CT molecular complexity index is 626. The highest BCUT2D eigenvalue weighted by Gasteiger charge is 2.10. The second-order valence-corrected chi connectivity index (χ2v) is 5.20. The summed E-state index contributed by atoms with van der Waals surface area (Å²) >= 11 is 0. The Balaban J connectivity index is 2.34. The number of hydrogen-bond acceptors (Lipinski definition) is 2. The zero-order valence-electron chi connectivity index (χ0n) is 12.4. The van der Waals surface area contributed by atoms with E-state index in [-0.39, 0.29) is 11.6 Å². The van der Waals surface area contributed by atoms with Crippen molar-refractivity contribution in [2.45, 2.75) is 26.4 Å². The van der Waals surface area contributed by atoms with E-state index in [1.54, 1.807) is 18.2 Å². The molecule has 0 saturated carbocycles. The van der Waals surface area contributed by atoms with Gasteiger partial charge in [0.25, 0.3) is 0 Å². The standard InChI is InChI=1S/C17H19F2NO/c1-11(2)20-10-12-4-6-15(18)14(8-12)13-5-7-17(21-3)16(19)9-13/h4-9,11,20H,10H2,1-3H3. The van der Waals surface area contributed by atoms with E-state index in [2.05, 4.69) is 5.32 Å². The summed E-state index contributed by atoms with van der Waals surface area (Å²) in [6, 6.07) is 9.67. The second-order valence-electron chi connectivity index (χ2n) is 5.20. The molecule has 0 aromatic heterocycles. The van der Waals surface area contributed by atoms with Crippen LogP contribution in [0.2, 0.25) is 0 Å². The fraction of sp³-hybridized carbons (Fsp3) is 0.294. The molecule has 0 radical (unpaired) electrons. The van der Waals surface area contributed by atoms with Crippen LogP contribution in [0, 0.1) is 11.6 Å². The van der Waals surface area contributed by atoms with E-state index in [9.17, 15) is 8.78 Å². The van der Waals surface area contributed by atoms with Crippen molar-refractivity contribution in [2.24, 2.45) is 0 Å². The Morgan fingerprint density at radius 2 is 1.81 bits per heavy atom. The molecule has 0 heterocycles. The summed E-state index contributed by atoms with van der Waals surface area (Å²) in [4.78, 5) is 0. The maximum Gasteiger partial charge on any atom is 0.165 e. The first-order chi connectivity index (χ1) is 10.0. The van der Waals surface area contributed by atoms with E-state index in [0.717, 1.165) is 5.56 Å². The van der Waals surface area contributed by atoms with Crippen LogP contribution >= 0.6 is 0 Å². The van der Waals surface area contributed by atoms with Crippen LogP contribution < -0.4 is 10.1 Å². The first-order valence-electron chi connectivity index (χ1n) is 6.87. The molecule has 0 fully saturated rings. The molecule has 0 amide bonds. The fourth-order valence-corrected chi connectivity index (χ4v) is 2.06. The molecule has 0 saturated heterocycles. The van der Waals surface area contributed by atoms with Crippen molar-refractivity contribution in [3.8, 4) is 16.9 Å². The quantitative estimate of drug-likeness (QED) is 0.894. The van der Waals surface area contributed by atoms with Crippen LogP contribution in [0.15, 0.2) is 36.4 Å². The maximum absolute atomic E-state index is 14.0. The second kappa shape index (κ2) is 6.68. The number of halogens is 2. The monoisotopic (exact) mass is 291 g/mol. The summed E-state index contributed by atoms with van der Waals surface area (Å²) in [5.41, 5.74) is 1.84. The number of nitrogens with one attached hydrogen (secondary N) is 1. The topological polar surface area (TPSA) is 21.3 Å². The van der Waals surface area contributed by atoms with E-state index in [1.807, 2.05) is 13.8 Å². The molecule has 1 N–H and O–H groups in total. The molecule has 2 aromatic rings. The largest absolute Gasteiger partial charge is 0.494 e. The molecular weight excluding hydrogens is 272 g/mol. The van der Waals surface area contributed by atoms with Crippen LogP contribution in [0.4, 0.5) is 8.78 Å². The minimum Gasteiger partial charge on any atom is -0.494 e. The van der Waals surface area contributed by atoms with Crippen LogP contribution in [0.3, 0.4) is 0 Å². The van der Waals surface area contributed by atoms with E-state index in [0.29, 0.717) is 23.7 Å². The third-order valence-electron chi connectivity index (χ3n) is 3.21. The summed E-state index contributed by atoms with van der Waals surface area (Å²) in [7, 11) is 1.40. The van der Waals surface area contributed by atoms with Gasteiger partial charge < -0.3 is 10.1 Å². The number of rotatable bonds is 5. The predicted octanol–water partition coefficient (Wildman–Crippen LogP) is 4.14. The van der Waals surface area contributed by atoms with E-state index in [4.69, 9.17) is 4.74 Å². The van der Waals surface area contributed by atoms with Crippen LogP contribution in [-0.2, 0) is 6.54 Å². The summed E-state index contributed by atoms with van der Waals surface area (Å²) in [6.45, 7) is 4.73. The first kappa shape index (κ1) is 15.4. The molecule has 2 aromatic carbocycles. The lowest BCUT2D eigenvalue weighted by Crippen LogP contribution is -2.21. The minimum atomic E-state index is -0.500. The van der Waals surface area contributed by atoms with Crippen molar-refractivity contribution < 1.29 is 13.5 Å². The summed E-state index contributed by atoms with van der Waals surface area (Å²) in [5, 5.41) is 3.27. The highest BCUT2D eigenvalue weighted by atomic mass is 19.1. The average molecular weight is 291 g/mol. The molecular formula is C17H19F2NO. The minimum absolute atomic E-state index is 0.150. The molecule has 0 aliphatic heterocycles.